The zero-order chi connectivity index (χ0) is 51.2. The monoisotopic (exact) mass is 1060 g/mol. The first kappa shape index (κ1) is 55.4. The van der Waals surface area contributed by atoms with Gasteiger partial charge in [0, 0.05) is 36.1 Å². The number of benzene rings is 2. The minimum Gasteiger partial charge on any atom is -0.507 e. The fraction of sp³-hybridized carbons (Fsp3) is 0.514. The van der Waals surface area contributed by atoms with Crippen LogP contribution in [0.4, 0.5) is 5.82 Å². The number of phosphoric acid groups is 3. The second kappa shape index (κ2) is 22.7. The molecule has 3 heterocycles. The van der Waals surface area contributed by atoms with E-state index >= 15 is 0 Å². The molecule has 2 aromatic carbocycles. The summed E-state index contributed by atoms with van der Waals surface area (Å²) in [6.45, 7) is 3.79. The molecule has 0 aliphatic carbocycles. The highest BCUT2D eigenvalue weighted by Gasteiger charge is 2.50. The van der Waals surface area contributed by atoms with E-state index in [9.17, 15) is 63.0 Å². The molecule has 382 valence electrons. The molecule has 69 heavy (non-hydrogen) atoms. The number of carbonyl (C=O) groups excluding carboxylic acids is 3. The number of nitrogens with zero attached hydrogens (tertiary/aromatic N) is 4. The molecule has 1 fully saturated rings. The molecule has 2 aromatic heterocycles. The molecule has 32 heteroatoms. The standard InChI is InChI=1S/C37H52N7O21P3S/c1-18(2)62-23-12-19-11-22(45)21(13-20(19)28(58-5)30(23)59-6)36(50)69-10-9-39-25(46)7-8-40-34(49)31(48)37(3,4)15-61-68(56,57)65-67(54,55)60-14-24-29(64-66(51,52)53)27(47)35(63-24)44-17-43-26-32(38)41-16-42-33(26)44/h11-13,16-18,24,27,29,31,35,45,47-48H,7-10,14-15H2,1-6H3,(H,39,46)(H,40,49)(H,54,55)(H,56,57)(H2,38,41,42)(H2,51,52,53)/t24-,27-,29-,31+,35-/m1/s1. The van der Waals surface area contributed by atoms with E-state index in [0.29, 0.717) is 28.0 Å². The van der Waals surface area contributed by atoms with Gasteiger partial charge < -0.3 is 70.2 Å². The largest absolute Gasteiger partial charge is 0.507 e. The quantitative estimate of drug-likeness (QED) is 0.0352. The number of carbonyl (C=O) groups is 3. The Kier molecular flexibility index (Phi) is 18.2. The Labute approximate surface area is 396 Å². The smallest absolute Gasteiger partial charge is 0.481 e. The van der Waals surface area contributed by atoms with Crippen molar-refractivity contribution < 1.29 is 99.8 Å². The van der Waals surface area contributed by atoms with Gasteiger partial charge in [0.25, 0.3) is 0 Å². The number of nitrogens with two attached hydrogens (primary N) is 1. The highest BCUT2D eigenvalue weighted by molar-refractivity contribution is 8.14. The number of rotatable bonds is 24. The van der Waals surface area contributed by atoms with Gasteiger partial charge >= 0.3 is 23.5 Å². The fourth-order valence-corrected chi connectivity index (χ4v) is 10.2. The molecule has 11 N–H and O–H groups in total. The number of fused-ring (bicyclic) bond motifs is 2. The lowest BCUT2D eigenvalue weighted by molar-refractivity contribution is -0.137. The Morgan fingerprint density at radius 2 is 1.65 bits per heavy atom. The number of thioether (sulfide) groups is 1. The second-order valence-corrected chi connectivity index (χ2v) is 21.2. The predicted molar refractivity (Wildman–Crippen MR) is 241 cm³/mol. The zero-order valence-corrected chi connectivity index (χ0v) is 41.1. The first-order valence-corrected chi connectivity index (χ1v) is 25.8. The molecule has 5 rings (SSSR count). The van der Waals surface area contributed by atoms with Gasteiger partial charge in [0.15, 0.2) is 29.2 Å². The molecular formula is C37H52N7O21P3S. The molecule has 1 aliphatic rings. The number of nitrogens with one attached hydrogen (secondary N) is 2. The fourth-order valence-electron chi connectivity index (χ4n) is 6.61. The number of anilines is 1. The topological polar surface area (TPSA) is 412 Å². The minimum atomic E-state index is -5.61. The van der Waals surface area contributed by atoms with Gasteiger partial charge in [-0.05, 0) is 37.4 Å². The maximum Gasteiger partial charge on any atom is 0.481 e. The molecule has 7 atom stereocenters. The number of aromatic hydroxyl groups is 1. The lowest BCUT2D eigenvalue weighted by atomic mass is 9.87. The molecule has 0 spiro atoms. The Hall–Kier alpha value is -4.54. The predicted octanol–water partition coefficient (Wildman–Crippen LogP) is 1.64. The van der Waals surface area contributed by atoms with Gasteiger partial charge in [0.2, 0.25) is 22.7 Å². The molecular weight excluding hydrogens is 1000 g/mol. The molecule has 0 radical (unpaired) electrons. The number of aromatic nitrogens is 4. The van der Waals surface area contributed by atoms with Gasteiger partial charge in [-0.15, -0.1) is 0 Å². The zero-order valence-electron chi connectivity index (χ0n) is 37.6. The molecule has 2 unspecified atom stereocenters. The van der Waals surface area contributed by atoms with Crippen molar-refractivity contribution in [3.05, 3.63) is 36.4 Å². The minimum absolute atomic E-state index is 0.0104. The summed E-state index contributed by atoms with van der Waals surface area (Å²) in [5, 5.41) is 37.8. The maximum absolute atomic E-state index is 13.1. The van der Waals surface area contributed by atoms with E-state index in [1.165, 1.54) is 40.2 Å². The van der Waals surface area contributed by atoms with Crippen molar-refractivity contribution in [1.29, 1.82) is 0 Å². The maximum atomic E-state index is 13.1. The van der Waals surface area contributed by atoms with Gasteiger partial charge in [-0.2, -0.15) is 4.31 Å². The number of ether oxygens (including phenoxy) is 4. The third kappa shape index (κ3) is 14.3. The number of phenols is 1. The summed E-state index contributed by atoms with van der Waals surface area (Å²) in [5.74, 6) is -0.814. The molecule has 2 amide bonds. The Morgan fingerprint density at radius 3 is 2.30 bits per heavy atom. The summed E-state index contributed by atoms with van der Waals surface area (Å²) in [5.41, 5.74) is 4.18. The molecule has 0 bridgehead atoms. The van der Waals surface area contributed by atoms with Crippen molar-refractivity contribution >= 4 is 79.9 Å². The van der Waals surface area contributed by atoms with Crippen LogP contribution in [0.5, 0.6) is 23.0 Å². The van der Waals surface area contributed by atoms with Gasteiger partial charge in [-0.25, -0.2) is 28.6 Å². The van der Waals surface area contributed by atoms with Crippen molar-refractivity contribution in [3.63, 3.8) is 0 Å². The van der Waals surface area contributed by atoms with Crippen molar-refractivity contribution in [2.24, 2.45) is 5.41 Å². The molecule has 4 aromatic rings. The van der Waals surface area contributed by atoms with Crippen molar-refractivity contribution in [2.75, 3.05) is 52.0 Å². The van der Waals surface area contributed by atoms with Crippen molar-refractivity contribution in [3.8, 4) is 23.0 Å². The van der Waals surface area contributed by atoms with Crippen LogP contribution < -0.4 is 30.6 Å². The average Bonchev–Trinajstić information content (AvgIpc) is 3.82. The number of imidazole rings is 1. The highest BCUT2D eigenvalue weighted by Crippen LogP contribution is 2.61. The SMILES string of the molecule is COc1c(OC(C)C)cc2cc(O)c(C(=O)SCCNC(=O)CCNC(=O)[C@H](O)C(C)(C)COP(=O)(O)OP(=O)(O)OC[C@H]3O[C@@H](n4cnc5c(N)ncnc54)[C@H](O)[C@@H]3OP(=O)(O)O)cc2c1OC. The van der Waals surface area contributed by atoms with Crippen LogP contribution >= 0.6 is 35.2 Å². The number of hydrogen-bond acceptors (Lipinski definition) is 22. The van der Waals surface area contributed by atoms with E-state index in [0.717, 1.165) is 29.0 Å². The molecule has 1 saturated heterocycles. The van der Waals surface area contributed by atoms with Crippen LogP contribution in [0.2, 0.25) is 0 Å². The number of methoxy groups -OCH3 is 2. The first-order valence-electron chi connectivity index (χ1n) is 20.3. The van der Waals surface area contributed by atoms with E-state index in [-0.39, 0.29) is 59.7 Å². The molecule has 1 aliphatic heterocycles. The van der Waals surface area contributed by atoms with Crippen LogP contribution in [-0.2, 0) is 45.9 Å². The number of aliphatic hydroxyl groups excluding tert-OH is 2. The van der Waals surface area contributed by atoms with E-state index < -0.39 is 89.7 Å². The van der Waals surface area contributed by atoms with Gasteiger partial charge in [-0.1, -0.05) is 25.6 Å². The highest BCUT2D eigenvalue weighted by atomic mass is 32.2. The van der Waals surface area contributed by atoms with Crippen LogP contribution in [0.1, 0.15) is 50.7 Å². The number of phenolic OH excluding ortho intramolecular Hbond substituents is 1. The van der Waals surface area contributed by atoms with Crippen LogP contribution in [0.25, 0.3) is 21.9 Å². The Bertz CT molecular complexity index is 2670. The normalized spacial score (nSPS) is 19.8. The summed E-state index contributed by atoms with van der Waals surface area (Å²) >= 11 is 0.824. The number of aliphatic hydroxyl groups is 2. The van der Waals surface area contributed by atoms with Gasteiger partial charge in [0.1, 0.15) is 42.0 Å². The molecule has 0 saturated carbocycles. The summed E-state index contributed by atoms with van der Waals surface area (Å²) in [4.78, 5) is 89.5. The summed E-state index contributed by atoms with van der Waals surface area (Å²) < 4.78 is 79.4. The van der Waals surface area contributed by atoms with Gasteiger partial charge in [0.05, 0.1) is 45.4 Å². The average molecular weight is 1060 g/mol. The Balaban J connectivity index is 1.06. The van der Waals surface area contributed by atoms with Gasteiger partial charge in [-0.3, -0.25) is 32.5 Å². The number of nitrogen functional groups attached to an aromatic ring is 1. The van der Waals surface area contributed by atoms with Crippen molar-refractivity contribution in [1.82, 2.24) is 30.2 Å². The second-order valence-electron chi connectivity index (χ2n) is 15.9. The van der Waals surface area contributed by atoms with Crippen LogP contribution in [0, 0.1) is 5.41 Å². The first-order chi connectivity index (χ1) is 32.2. The summed E-state index contributed by atoms with van der Waals surface area (Å²) in [6, 6.07) is 4.53. The Morgan fingerprint density at radius 1 is 0.971 bits per heavy atom. The van der Waals surface area contributed by atoms with E-state index in [1.807, 2.05) is 13.8 Å². The van der Waals surface area contributed by atoms with Crippen LogP contribution in [-0.4, -0.2) is 148 Å². The van der Waals surface area contributed by atoms with Crippen molar-refractivity contribution in [2.45, 2.75) is 70.9 Å². The van der Waals surface area contributed by atoms with E-state index in [2.05, 4.69) is 34.4 Å². The third-order valence-corrected chi connectivity index (χ3v) is 13.8. The third-order valence-electron chi connectivity index (χ3n) is 9.85. The number of hydrogen-bond donors (Lipinski definition) is 10. The van der Waals surface area contributed by atoms with Crippen LogP contribution in [0.3, 0.4) is 0 Å². The van der Waals surface area contributed by atoms with E-state index in [4.69, 9.17) is 33.7 Å². The lowest BCUT2D eigenvalue weighted by Gasteiger charge is -2.30. The number of amides is 2. The summed E-state index contributed by atoms with van der Waals surface area (Å²) in [6.07, 6.45) is -7.36. The molecule has 28 nitrogen and oxygen atoms in total. The van der Waals surface area contributed by atoms with E-state index in [1.54, 1.807) is 6.07 Å². The number of phosphoric ester groups is 3. The summed E-state index contributed by atoms with van der Waals surface area (Å²) in [7, 11) is -13.6. The lowest BCUT2D eigenvalue weighted by Crippen LogP contribution is -2.46. The van der Waals surface area contributed by atoms with Crippen LogP contribution in [0.15, 0.2) is 30.9 Å².